The lowest BCUT2D eigenvalue weighted by Crippen LogP contribution is -2.41. The van der Waals surface area contributed by atoms with E-state index in [1.54, 1.807) is 24.3 Å². The van der Waals surface area contributed by atoms with E-state index >= 15 is 0 Å². The molecule has 0 bridgehead atoms. The number of hydrogen-bond acceptors (Lipinski definition) is 4. The molecule has 2 aromatic carbocycles. The molecule has 148 valence electrons. The number of ether oxygens (including phenoxy) is 1. The first-order valence-electron chi connectivity index (χ1n) is 9.64. The topological polar surface area (TPSA) is 70.7 Å². The number of benzene rings is 2. The first-order valence-corrected chi connectivity index (χ1v) is 9.64. The highest BCUT2D eigenvalue weighted by Gasteiger charge is 2.12. The van der Waals surface area contributed by atoms with Gasteiger partial charge in [0.2, 0.25) is 0 Å². The molecular formula is C22H27N3O3. The van der Waals surface area contributed by atoms with Crippen LogP contribution in [0.4, 0.5) is 0 Å². The van der Waals surface area contributed by atoms with Gasteiger partial charge in [-0.2, -0.15) is 0 Å². The molecule has 0 aliphatic carbocycles. The van der Waals surface area contributed by atoms with Crippen molar-refractivity contribution in [2.24, 2.45) is 0 Å². The highest BCUT2D eigenvalue weighted by Crippen LogP contribution is 2.07. The average molecular weight is 381 g/mol. The predicted octanol–water partition coefficient (Wildman–Crippen LogP) is 1.99. The third-order valence-corrected chi connectivity index (χ3v) is 4.78. The van der Waals surface area contributed by atoms with E-state index in [1.807, 2.05) is 31.2 Å². The van der Waals surface area contributed by atoms with Crippen LogP contribution in [0.3, 0.4) is 0 Å². The summed E-state index contributed by atoms with van der Waals surface area (Å²) in [5.41, 5.74) is 3.19. The van der Waals surface area contributed by atoms with E-state index in [1.165, 1.54) is 5.56 Å². The summed E-state index contributed by atoms with van der Waals surface area (Å²) in [5.74, 6) is -0.356. The van der Waals surface area contributed by atoms with Gasteiger partial charge in [-0.05, 0) is 30.7 Å². The van der Waals surface area contributed by atoms with Crippen LogP contribution in [0.25, 0.3) is 0 Å². The standard InChI is InChI=1S/C22H27N3O3/c1-17-5-7-18(8-6-17)16-24-22(27)20-4-2-3-19(15-20)21(26)23-9-10-25-11-13-28-14-12-25/h2-8,15H,9-14,16H2,1H3,(H,23,26)(H,24,27). The third kappa shape index (κ3) is 5.90. The molecule has 1 aliphatic rings. The molecule has 0 atom stereocenters. The van der Waals surface area contributed by atoms with Gasteiger partial charge in [-0.25, -0.2) is 0 Å². The van der Waals surface area contributed by atoms with Crippen molar-refractivity contribution < 1.29 is 14.3 Å². The SMILES string of the molecule is Cc1ccc(CNC(=O)c2cccc(C(=O)NCCN3CCOCC3)c2)cc1. The minimum atomic E-state index is -0.191. The number of carbonyl (C=O) groups is 2. The van der Waals surface area contributed by atoms with Crippen molar-refractivity contribution in [2.45, 2.75) is 13.5 Å². The fraction of sp³-hybridized carbons (Fsp3) is 0.364. The van der Waals surface area contributed by atoms with Crippen LogP contribution in [0.1, 0.15) is 31.8 Å². The monoisotopic (exact) mass is 381 g/mol. The Kier molecular flexibility index (Phi) is 7.17. The lowest BCUT2D eigenvalue weighted by Gasteiger charge is -2.26. The summed E-state index contributed by atoms with van der Waals surface area (Å²) in [7, 11) is 0. The molecular weight excluding hydrogens is 354 g/mol. The van der Waals surface area contributed by atoms with E-state index in [0.29, 0.717) is 24.2 Å². The summed E-state index contributed by atoms with van der Waals surface area (Å²) >= 11 is 0. The maximum atomic E-state index is 12.4. The molecule has 2 aromatic rings. The van der Waals surface area contributed by atoms with Gasteiger partial charge >= 0.3 is 0 Å². The normalized spacial score (nSPS) is 14.5. The van der Waals surface area contributed by atoms with Crippen LogP contribution < -0.4 is 10.6 Å². The van der Waals surface area contributed by atoms with Gasteiger partial charge in [0.05, 0.1) is 13.2 Å². The van der Waals surface area contributed by atoms with Gasteiger partial charge in [0.15, 0.2) is 0 Å². The summed E-state index contributed by atoms with van der Waals surface area (Å²) < 4.78 is 5.32. The van der Waals surface area contributed by atoms with Crippen molar-refractivity contribution in [2.75, 3.05) is 39.4 Å². The molecule has 0 radical (unpaired) electrons. The molecule has 0 aromatic heterocycles. The summed E-state index contributed by atoms with van der Waals surface area (Å²) in [6.45, 7) is 7.13. The van der Waals surface area contributed by atoms with Crippen LogP contribution in [0.2, 0.25) is 0 Å². The van der Waals surface area contributed by atoms with Gasteiger partial charge in [0.1, 0.15) is 0 Å². The maximum Gasteiger partial charge on any atom is 0.251 e. The lowest BCUT2D eigenvalue weighted by molar-refractivity contribution is 0.0383. The lowest BCUT2D eigenvalue weighted by atomic mass is 10.1. The van der Waals surface area contributed by atoms with Crippen LogP contribution in [0, 0.1) is 6.92 Å². The molecule has 1 saturated heterocycles. The van der Waals surface area contributed by atoms with Crippen LogP contribution in [0.15, 0.2) is 48.5 Å². The molecule has 6 heteroatoms. The van der Waals surface area contributed by atoms with Crippen molar-refractivity contribution in [1.29, 1.82) is 0 Å². The van der Waals surface area contributed by atoms with Gasteiger partial charge < -0.3 is 15.4 Å². The second kappa shape index (κ2) is 10.0. The van der Waals surface area contributed by atoms with Crippen molar-refractivity contribution in [1.82, 2.24) is 15.5 Å². The number of rotatable bonds is 7. The third-order valence-electron chi connectivity index (χ3n) is 4.78. The van der Waals surface area contributed by atoms with Crippen molar-refractivity contribution in [3.63, 3.8) is 0 Å². The molecule has 1 heterocycles. The van der Waals surface area contributed by atoms with Gasteiger partial charge in [-0.15, -0.1) is 0 Å². The number of amides is 2. The van der Waals surface area contributed by atoms with Crippen LogP contribution in [-0.4, -0.2) is 56.1 Å². The zero-order valence-electron chi connectivity index (χ0n) is 16.2. The summed E-state index contributed by atoms with van der Waals surface area (Å²) in [4.78, 5) is 27.1. The fourth-order valence-corrected chi connectivity index (χ4v) is 3.05. The summed E-state index contributed by atoms with van der Waals surface area (Å²) in [6, 6.07) is 14.8. The first kappa shape index (κ1) is 20.0. The Morgan fingerprint density at radius 2 is 1.61 bits per heavy atom. The fourth-order valence-electron chi connectivity index (χ4n) is 3.05. The van der Waals surface area contributed by atoms with Gasteiger partial charge in [0.25, 0.3) is 11.8 Å². The minimum absolute atomic E-state index is 0.165. The molecule has 0 unspecified atom stereocenters. The Bertz CT molecular complexity index is 799. The molecule has 3 rings (SSSR count). The second-order valence-electron chi connectivity index (χ2n) is 6.96. The van der Waals surface area contributed by atoms with E-state index in [4.69, 9.17) is 4.74 Å². The molecule has 1 fully saturated rings. The number of carbonyl (C=O) groups excluding carboxylic acids is 2. The number of nitrogens with zero attached hydrogens (tertiary/aromatic N) is 1. The Morgan fingerprint density at radius 3 is 2.29 bits per heavy atom. The smallest absolute Gasteiger partial charge is 0.251 e. The summed E-state index contributed by atoms with van der Waals surface area (Å²) in [5, 5.41) is 5.82. The van der Waals surface area contributed by atoms with Gasteiger partial charge in [0, 0.05) is 43.9 Å². The molecule has 0 spiro atoms. The highest BCUT2D eigenvalue weighted by molar-refractivity contribution is 5.99. The maximum absolute atomic E-state index is 12.4. The van der Waals surface area contributed by atoms with Crippen molar-refractivity contribution in [3.8, 4) is 0 Å². The van der Waals surface area contributed by atoms with Crippen LogP contribution >= 0.6 is 0 Å². The number of nitrogens with one attached hydrogen (secondary N) is 2. The number of aryl methyl sites for hydroxylation is 1. The largest absolute Gasteiger partial charge is 0.379 e. The number of morpholine rings is 1. The Balaban J connectivity index is 1.49. The van der Waals surface area contributed by atoms with E-state index in [9.17, 15) is 9.59 Å². The first-order chi connectivity index (χ1) is 13.6. The molecule has 2 N–H and O–H groups in total. The molecule has 28 heavy (non-hydrogen) atoms. The zero-order chi connectivity index (χ0) is 19.8. The zero-order valence-corrected chi connectivity index (χ0v) is 16.2. The quantitative estimate of drug-likeness (QED) is 0.770. The number of hydrogen-bond donors (Lipinski definition) is 2. The van der Waals surface area contributed by atoms with E-state index < -0.39 is 0 Å². The van der Waals surface area contributed by atoms with E-state index in [2.05, 4.69) is 15.5 Å². The van der Waals surface area contributed by atoms with Gasteiger partial charge in [-0.1, -0.05) is 35.9 Å². The van der Waals surface area contributed by atoms with Crippen molar-refractivity contribution in [3.05, 3.63) is 70.8 Å². The second-order valence-corrected chi connectivity index (χ2v) is 6.96. The molecule has 2 amide bonds. The van der Waals surface area contributed by atoms with Crippen molar-refractivity contribution >= 4 is 11.8 Å². The highest BCUT2D eigenvalue weighted by atomic mass is 16.5. The molecule has 0 saturated carbocycles. The minimum Gasteiger partial charge on any atom is -0.379 e. The Hall–Kier alpha value is -2.70. The van der Waals surface area contributed by atoms with Gasteiger partial charge in [-0.3, -0.25) is 14.5 Å². The van der Waals surface area contributed by atoms with E-state index in [-0.39, 0.29) is 11.8 Å². The Labute approximate surface area is 165 Å². The molecule has 1 aliphatic heterocycles. The Morgan fingerprint density at radius 1 is 0.964 bits per heavy atom. The van der Waals surface area contributed by atoms with Crippen LogP contribution in [0.5, 0.6) is 0 Å². The van der Waals surface area contributed by atoms with E-state index in [0.717, 1.165) is 38.4 Å². The van der Waals surface area contributed by atoms with Crippen LogP contribution in [-0.2, 0) is 11.3 Å². The predicted molar refractivity (Wildman–Crippen MR) is 108 cm³/mol. The average Bonchev–Trinajstić information content (AvgIpc) is 2.74. The molecule has 6 nitrogen and oxygen atoms in total. The summed E-state index contributed by atoms with van der Waals surface area (Å²) in [6.07, 6.45) is 0.